The van der Waals surface area contributed by atoms with Crippen LogP contribution in [0.5, 0.6) is 0 Å². The summed E-state index contributed by atoms with van der Waals surface area (Å²) in [5.74, 6) is -0.893. The van der Waals surface area contributed by atoms with Crippen LogP contribution in [0.3, 0.4) is 0 Å². The molecule has 5 rings (SSSR count). The number of hydrogen-bond acceptors (Lipinski definition) is 2. The molecule has 1 heterocycles. The number of rotatable bonds is 1. The molecule has 0 amide bonds. The largest absolute Gasteiger partial charge is 0.478 e. The molecule has 4 aromatic rings. The maximum Gasteiger partial charge on any atom is 0.336 e. The van der Waals surface area contributed by atoms with Crippen molar-refractivity contribution in [2.24, 2.45) is 0 Å². The van der Waals surface area contributed by atoms with E-state index in [1.807, 2.05) is 24.3 Å². The molecule has 0 unspecified atom stereocenters. The van der Waals surface area contributed by atoms with E-state index in [0.717, 1.165) is 21.5 Å². The van der Waals surface area contributed by atoms with E-state index < -0.39 is 5.97 Å². The van der Waals surface area contributed by atoms with Gasteiger partial charge in [-0.05, 0) is 49.5 Å². The van der Waals surface area contributed by atoms with Crippen LogP contribution in [0.25, 0.3) is 32.3 Å². The first-order valence-electron chi connectivity index (χ1n) is 7.94. The van der Waals surface area contributed by atoms with Gasteiger partial charge in [0.15, 0.2) is 0 Å². The molecule has 0 aliphatic carbocycles. The molecule has 3 nitrogen and oxygen atoms in total. The van der Waals surface area contributed by atoms with Crippen molar-refractivity contribution in [1.29, 1.82) is 0 Å². The molecular formula is C21H14O3. The van der Waals surface area contributed by atoms with E-state index >= 15 is 0 Å². The van der Waals surface area contributed by atoms with Crippen molar-refractivity contribution in [2.45, 2.75) is 13.2 Å². The third kappa shape index (κ3) is 1.73. The number of ether oxygens (including phenoxy) is 1. The summed E-state index contributed by atoms with van der Waals surface area (Å²) in [7, 11) is 0. The van der Waals surface area contributed by atoms with Gasteiger partial charge in [-0.3, -0.25) is 0 Å². The van der Waals surface area contributed by atoms with Crippen LogP contribution in [-0.4, -0.2) is 11.1 Å². The maximum atomic E-state index is 11.5. The molecule has 0 radical (unpaired) electrons. The number of carboxylic acid groups (broad SMARTS) is 1. The second-order valence-corrected chi connectivity index (χ2v) is 6.22. The average Bonchev–Trinajstić information content (AvgIpc) is 3.09. The minimum atomic E-state index is -0.893. The Hall–Kier alpha value is -2.91. The second kappa shape index (κ2) is 4.79. The smallest absolute Gasteiger partial charge is 0.336 e. The zero-order valence-corrected chi connectivity index (χ0v) is 12.9. The molecule has 0 bridgehead atoms. The predicted octanol–water partition coefficient (Wildman–Crippen LogP) is 4.87. The van der Waals surface area contributed by atoms with E-state index in [-0.39, 0.29) is 0 Å². The van der Waals surface area contributed by atoms with Crippen molar-refractivity contribution < 1.29 is 14.6 Å². The lowest BCUT2D eigenvalue weighted by Gasteiger charge is -2.11. The molecule has 3 heteroatoms. The van der Waals surface area contributed by atoms with E-state index in [2.05, 4.69) is 24.3 Å². The number of benzene rings is 4. The SMILES string of the molecule is O=C(O)c1cccc2c1ccc1c3ccc4c(c3ccc21)COC4. The van der Waals surface area contributed by atoms with Crippen LogP contribution < -0.4 is 0 Å². The minimum absolute atomic E-state index is 0.344. The van der Waals surface area contributed by atoms with E-state index in [4.69, 9.17) is 4.74 Å². The third-order valence-corrected chi connectivity index (χ3v) is 5.00. The van der Waals surface area contributed by atoms with Gasteiger partial charge in [-0.2, -0.15) is 0 Å². The zero-order valence-electron chi connectivity index (χ0n) is 12.9. The summed E-state index contributed by atoms with van der Waals surface area (Å²) in [4.78, 5) is 11.5. The maximum absolute atomic E-state index is 11.5. The highest BCUT2D eigenvalue weighted by atomic mass is 16.5. The van der Waals surface area contributed by atoms with Crippen LogP contribution >= 0.6 is 0 Å². The summed E-state index contributed by atoms with van der Waals surface area (Å²) in [6, 6.07) is 17.9. The first kappa shape index (κ1) is 13.5. The molecule has 0 aromatic heterocycles. The van der Waals surface area contributed by atoms with Crippen LogP contribution in [0.4, 0.5) is 0 Å². The van der Waals surface area contributed by atoms with Crippen LogP contribution in [-0.2, 0) is 18.0 Å². The number of fused-ring (bicyclic) bond motifs is 7. The van der Waals surface area contributed by atoms with Crippen molar-refractivity contribution in [3.05, 3.63) is 71.3 Å². The topological polar surface area (TPSA) is 46.5 Å². The summed E-state index contributed by atoms with van der Waals surface area (Å²) < 4.78 is 5.58. The molecule has 4 aromatic carbocycles. The van der Waals surface area contributed by atoms with Gasteiger partial charge in [0, 0.05) is 0 Å². The molecule has 116 valence electrons. The van der Waals surface area contributed by atoms with Crippen molar-refractivity contribution in [2.75, 3.05) is 0 Å². The fourth-order valence-electron chi connectivity index (χ4n) is 3.85. The fraction of sp³-hybridized carbons (Fsp3) is 0.0952. The van der Waals surface area contributed by atoms with Gasteiger partial charge in [0.05, 0.1) is 18.8 Å². The first-order valence-corrected chi connectivity index (χ1v) is 7.94. The second-order valence-electron chi connectivity index (χ2n) is 6.22. The Kier molecular flexibility index (Phi) is 2.70. The zero-order chi connectivity index (χ0) is 16.3. The summed E-state index contributed by atoms with van der Waals surface area (Å²) in [6.07, 6.45) is 0. The Balaban J connectivity index is 1.93. The molecule has 1 N–H and O–H groups in total. The molecule has 24 heavy (non-hydrogen) atoms. The van der Waals surface area contributed by atoms with Crippen LogP contribution in [0.15, 0.2) is 54.6 Å². The summed E-state index contributed by atoms with van der Waals surface area (Å²) in [5, 5.41) is 15.8. The van der Waals surface area contributed by atoms with Crippen LogP contribution in [0, 0.1) is 0 Å². The van der Waals surface area contributed by atoms with Gasteiger partial charge in [0.2, 0.25) is 0 Å². The van der Waals surface area contributed by atoms with Gasteiger partial charge in [-0.1, -0.05) is 48.5 Å². The molecule has 1 aliphatic heterocycles. The Morgan fingerprint density at radius 1 is 0.750 bits per heavy atom. The van der Waals surface area contributed by atoms with Gasteiger partial charge >= 0.3 is 5.97 Å². The Morgan fingerprint density at radius 3 is 2.17 bits per heavy atom. The summed E-state index contributed by atoms with van der Waals surface area (Å²) in [6.45, 7) is 1.35. The molecule has 0 saturated heterocycles. The molecule has 0 saturated carbocycles. The highest BCUT2D eigenvalue weighted by molar-refractivity contribution is 6.20. The Morgan fingerprint density at radius 2 is 1.38 bits per heavy atom. The van der Waals surface area contributed by atoms with Crippen molar-refractivity contribution in [3.63, 3.8) is 0 Å². The van der Waals surface area contributed by atoms with Gasteiger partial charge in [-0.25, -0.2) is 4.79 Å². The van der Waals surface area contributed by atoms with Gasteiger partial charge in [0.1, 0.15) is 0 Å². The average molecular weight is 314 g/mol. The molecule has 1 aliphatic rings. The standard InChI is InChI=1S/C21H14O3/c22-21(23)19-3-1-2-13-15-7-9-18-14(16(15)6-8-17(13)19)5-4-12-10-24-11-20(12)18/h1-9H,10-11H2,(H,22,23). The first-order chi connectivity index (χ1) is 11.7. The van der Waals surface area contributed by atoms with E-state index in [0.29, 0.717) is 18.8 Å². The highest BCUT2D eigenvalue weighted by Crippen LogP contribution is 2.36. The molecule has 0 atom stereocenters. The number of carbonyl (C=O) groups is 1. The lowest BCUT2D eigenvalue weighted by molar-refractivity contribution is 0.0699. The van der Waals surface area contributed by atoms with Gasteiger partial charge < -0.3 is 9.84 Å². The van der Waals surface area contributed by atoms with Crippen molar-refractivity contribution in [3.8, 4) is 0 Å². The van der Waals surface area contributed by atoms with E-state index in [1.165, 1.54) is 21.9 Å². The summed E-state index contributed by atoms with van der Waals surface area (Å²) >= 11 is 0. The Labute approximate surface area is 138 Å². The number of carboxylic acids is 1. The van der Waals surface area contributed by atoms with Crippen LogP contribution in [0.1, 0.15) is 21.5 Å². The third-order valence-electron chi connectivity index (χ3n) is 5.00. The monoisotopic (exact) mass is 314 g/mol. The summed E-state index contributed by atoms with van der Waals surface area (Å²) in [5.41, 5.74) is 2.88. The number of aromatic carboxylic acids is 1. The molecule has 0 fully saturated rings. The fourth-order valence-corrected chi connectivity index (χ4v) is 3.85. The lowest BCUT2D eigenvalue weighted by Crippen LogP contribution is -1.97. The van der Waals surface area contributed by atoms with Gasteiger partial charge in [0.25, 0.3) is 0 Å². The van der Waals surface area contributed by atoms with E-state index in [9.17, 15) is 9.90 Å². The van der Waals surface area contributed by atoms with E-state index in [1.54, 1.807) is 6.07 Å². The predicted molar refractivity (Wildman–Crippen MR) is 94.4 cm³/mol. The minimum Gasteiger partial charge on any atom is -0.478 e. The Bertz CT molecular complexity index is 1160. The quantitative estimate of drug-likeness (QED) is 0.510. The van der Waals surface area contributed by atoms with Crippen LogP contribution in [0.2, 0.25) is 0 Å². The van der Waals surface area contributed by atoms with Crippen molar-refractivity contribution >= 4 is 38.3 Å². The highest BCUT2D eigenvalue weighted by Gasteiger charge is 2.16. The molecule has 0 spiro atoms. The molecular weight excluding hydrogens is 300 g/mol. The lowest BCUT2D eigenvalue weighted by atomic mass is 9.92. The number of hydrogen-bond donors (Lipinski definition) is 1. The van der Waals surface area contributed by atoms with Gasteiger partial charge in [-0.15, -0.1) is 0 Å². The van der Waals surface area contributed by atoms with Crippen molar-refractivity contribution in [1.82, 2.24) is 0 Å². The normalized spacial score (nSPS) is 13.7.